The minimum Gasteiger partial charge on any atom is -0.457 e. The number of rotatable bonds is 4. The predicted molar refractivity (Wildman–Crippen MR) is 86.9 cm³/mol. The molecule has 0 N–H and O–H groups in total. The van der Waals surface area contributed by atoms with Crippen molar-refractivity contribution in [3.63, 3.8) is 0 Å². The fourth-order valence-electron chi connectivity index (χ4n) is 2.37. The Morgan fingerprint density at radius 3 is 1.95 bits per heavy atom. The van der Waals surface area contributed by atoms with E-state index in [2.05, 4.69) is 6.07 Å². The zero-order valence-electron chi connectivity index (χ0n) is 12.0. The molecule has 0 amide bonds. The lowest BCUT2D eigenvalue weighted by atomic mass is 9.93. The van der Waals surface area contributed by atoms with E-state index in [-0.39, 0.29) is 5.92 Å². The summed E-state index contributed by atoms with van der Waals surface area (Å²) in [7, 11) is 0. The van der Waals surface area contributed by atoms with Crippen LogP contribution in [0.15, 0.2) is 84.9 Å². The number of para-hydroxylation sites is 1. The number of hydrogen-bond donors (Lipinski definition) is 0. The molecule has 0 spiro atoms. The van der Waals surface area contributed by atoms with Crippen LogP contribution < -0.4 is 4.74 Å². The summed E-state index contributed by atoms with van der Waals surface area (Å²) in [6.07, 6.45) is 0. The molecule has 0 aliphatic heterocycles. The molecular formula is C20H15NO. The van der Waals surface area contributed by atoms with Crippen molar-refractivity contribution < 1.29 is 4.74 Å². The predicted octanol–water partition coefficient (Wildman–Crippen LogP) is 5.13. The largest absolute Gasteiger partial charge is 0.457 e. The number of nitrogens with zero attached hydrogens (tertiary/aromatic N) is 1. The van der Waals surface area contributed by atoms with Crippen LogP contribution in [0.2, 0.25) is 0 Å². The highest BCUT2D eigenvalue weighted by Gasteiger charge is 2.13. The molecule has 0 aliphatic carbocycles. The van der Waals surface area contributed by atoms with Crippen molar-refractivity contribution in [2.45, 2.75) is 5.92 Å². The summed E-state index contributed by atoms with van der Waals surface area (Å²) in [5.41, 5.74) is 1.92. The van der Waals surface area contributed by atoms with Crippen molar-refractivity contribution in [3.8, 4) is 17.6 Å². The van der Waals surface area contributed by atoms with Crippen LogP contribution in [0.1, 0.15) is 17.0 Å². The van der Waals surface area contributed by atoms with Gasteiger partial charge in [0.05, 0.1) is 12.0 Å². The molecule has 1 atom stereocenters. The lowest BCUT2D eigenvalue weighted by Crippen LogP contribution is -1.98. The fraction of sp³-hybridized carbons (Fsp3) is 0.0500. The average molecular weight is 285 g/mol. The molecule has 3 rings (SSSR count). The quantitative estimate of drug-likeness (QED) is 0.665. The SMILES string of the molecule is N#C[C@H](c1ccccc1)c1cccc(Oc2ccccc2)c1. The van der Waals surface area contributed by atoms with E-state index in [1.807, 2.05) is 84.9 Å². The van der Waals surface area contributed by atoms with Crippen LogP contribution in [-0.2, 0) is 0 Å². The van der Waals surface area contributed by atoms with Crippen LogP contribution in [0, 0.1) is 11.3 Å². The summed E-state index contributed by atoms with van der Waals surface area (Å²) in [6, 6.07) is 29.5. The zero-order valence-corrected chi connectivity index (χ0v) is 12.0. The molecule has 106 valence electrons. The number of hydrogen-bond acceptors (Lipinski definition) is 2. The molecule has 0 bridgehead atoms. The van der Waals surface area contributed by atoms with Gasteiger partial charge in [-0.25, -0.2) is 0 Å². The summed E-state index contributed by atoms with van der Waals surface area (Å²) >= 11 is 0. The van der Waals surface area contributed by atoms with Crippen molar-refractivity contribution in [2.24, 2.45) is 0 Å². The maximum Gasteiger partial charge on any atom is 0.127 e. The second kappa shape index (κ2) is 6.60. The number of nitriles is 1. The maximum atomic E-state index is 9.52. The maximum absolute atomic E-state index is 9.52. The van der Waals surface area contributed by atoms with Crippen LogP contribution in [0.25, 0.3) is 0 Å². The molecule has 0 fully saturated rings. The van der Waals surface area contributed by atoms with Crippen LogP contribution in [0.4, 0.5) is 0 Å². The Morgan fingerprint density at radius 1 is 0.682 bits per heavy atom. The molecule has 2 heteroatoms. The summed E-state index contributed by atoms with van der Waals surface area (Å²) < 4.78 is 5.84. The lowest BCUT2D eigenvalue weighted by Gasteiger charge is -2.12. The molecule has 3 aromatic carbocycles. The van der Waals surface area contributed by atoms with E-state index in [0.717, 1.165) is 22.6 Å². The third kappa shape index (κ3) is 3.16. The molecular weight excluding hydrogens is 270 g/mol. The summed E-state index contributed by atoms with van der Waals surface area (Å²) in [6.45, 7) is 0. The van der Waals surface area contributed by atoms with Gasteiger partial charge in [0.15, 0.2) is 0 Å². The Kier molecular flexibility index (Phi) is 4.17. The van der Waals surface area contributed by atoms with Crippen LogP contribution in [-0.4, -0.2) is 0 Å². The number of ether oxygens (including phenoxy) is 1. The third-order valence-electron chi connectivity index (χ3n) is 3.43. The summed E-state index contributed by atoms with van der Waals surface area (Å²) in [5, 5.41) is 9.52. The van der Waals surface area contributed by atoms with E-state index in [4.69, 9.17) is 4.74 Å². The molecule has 0 radical (unpaired) electrons. The van der Waals surface area contributed by atoms with Gasteiger partial charge < -0.3 is 4.74 Å². The first-order valence-corrected chi connectivity index (χ1v) is 7.14. The van der Waals surface area contributed by atoms with Gasteiger partial charge in [0.1, 0.15) is 11.5 Å². The van der Waals surface area contributed by atoms with Gasteiger partial charge in [-0.3, -0.25) is 0 Å². The van der Waals surface area contributed by atoms with Gasteiger partial charge in [-0.2, -0.15) is 5.26 Å². The molecule has 0 saturated heterocycles. The summed E-state index contributed by atoms with van der Waals surface area (Å²) in [4.78, 5) is 0. The molecule has 0 aliphatic rings. The van der Waals surface area contributed by atoms with E-state index >= 15 is 0 Å². The topological polar surface area (TPSA) is 33.0 Å². The average Bonchev–Trinajstić information content (AvgIpc) is 2.58. The highest BCUT2D eigenvalue weighted by molar-refractivity contribution is 5.42. The Labute approximate surface area is 130 Å². The van der Waals surface area contributed by atoms with Gasteiger partial charge in [-0.1, -0.05) is 60.7 Å². The van der Waals surface area contributed by atoms with Gasteiger partial charge in [0.25, 0.3) is 0 Å². The first-order chi connectivity index (χ1) is 10.9. The molecule has 0 heterocycles. The third-order valence-corrected chi connectivity index (χ3v) is 3.43. The molecule has 2 nitrogen and oxygen atoms in total. The molecule has 22 heavy (non-hydrogen) atoms. The second-order valence-corrected chi connectivity index (χ2v) is 4.96. The van der Waals surface area contributed by atoms with Crippen LogP contribution >= 0.6 is 0 Å². The van der Waals surface area contributed by atoms with Crippen LogP contribution in [0.3, 0.4) is 0 Å². The molecule has 0 unspecified atom stereocenters. The molecule has 0 aromatic heterocycles. The van der Waals surface area contributed by atoms with Crippen molar-refractivity contribution in [1.82, 2.24) is 0 Å². The highest BCUT2D eigenvalue weighted by Crippen LogP contribution is 2.28. The van der Waals surface area contributed by atoms with E-state index in [9.17, 15) is 5.26 Å². The second-order valence-electron chi connectivity index (χ2n) is 4.96. The molecule has 0 saturated carbocycles. The number of benzene rings is 3. The fourth-order valence-corrected chi connectivity index (χ4v) is 2.37. The van der Waals surface area contributed by atoms with Crippen molar-refractivity contribution in [2.75, 3.05) is 0 Å². The van der Waals surface area contributed by atoms with Gasteiger partial charge in [0, 0.05) is 0 Å². The van der Waals surface area contributed by atoms with Gasteiger partial charge in [-0.05, 0) is 35.4 Å². The Morgan fingerprint density at radius 2 is 1.27 bits per heavy atom. The van der Waals surface area contributed by atoms with E-state index in [1.54, 1.807) is 0 Å². The Bertz CT molecular complexity index is 776. The van der Waals surface area contributed by atoms with E-state index in [1.165, 1.54) is 0 Å². The van der Waals surface area contributed by atoms with Gasteiger partial charge in [-0.15, -0.1) is 0 Å². The Hall–Kier alpha value is -3.05. The minimum atomic E-state index is -0.291. The van der Waals surface area contributed by atoms with E-state index in [0.29, 0.717) is 0 Å². The van der Waals surface area contributed by atoms with Crippen LogP contribution in [0.5, 0.6) is 11.5 Å². The van der Waals surface area contributed by atoms with Crippen molar-refractivity contribution >= 4 is 0 Å². The highest BCUT2D eigenvalue weighted by atomic mass is 16.5. The normalized spacial score (nSPS) is 11.4. The first-order valence-electron chi connectivity index (χ1n) is 7.14. The minimum absolute atomic E-state index is 0.291. The van der Waals surface area contributed by atoms with Gasteiger partial charge in [0.2, 0.25) is 0 Å². The monoisotopic (exact) mass is 285 g/mol. The van der Waals surface area contributed by atoms with Crippen molar-refractivity contribution in [3.05, 3.63) is 96.1 Å². The van der Waals surface area contributed by atoms with Gasteiger partial charge >= 0.3 is 0 Å². The zero-order chi connectivity index (χ0) is 15.2. The van der Waals surface area contributed by atoms with Crippen molar-refractivity contribution in [1.29, 1.82) is 5.26 Å². The lowest BCUT2D eigenvalue weighted by molar-refractivity contribution is 0.482. The molecule has 3 aromatic rings. The first kappa shape index (κ1) is 13.9. The van der Waals surface area contributed by atoms with E-state index < -0.39 is 0 Å². The standard InChI is InChI=1S/C20H15NO/c21-15-20(16-8-3-1-4-9-16)17-10-7-13-19(14-17)22-18-11-5-2-6-12-18/h1-14,20H/t20-/m1/s1. The summed E-state index contributed by atoms with van der Waals surface area (Å²) in [5.74, 6) is 1.23. The Balaban J connectivity index is 1.89. The smallest absolute Gasteiger partial charge is 0.127 e.